The zero-order valence-electron chi connectivity index (χ0n) is 19.9. The lowest BCUT2D eigenvalue weighted by atomic mass is 9.89. The molecular formula is C26H23F4N5O2. The maximum atomic E-state index is 15.0. The van der Waals surface area contributed by atoms with Gasteiger partial charge in [-0.2, -0.15) is 23.4 Å². The van der Waals surface area contributed by atoms with E-state index in [1.54, 1.807) is 6.07 Å². The molecule has 1 aliphatic carbocycles. The fourth-order valence-electron chi connectivity index (χ4n) is 4.91. The van der Waals surface area contributed by atoms with Gasteiger partial charge in [0, 0.05) is 48.0 Å². The van der Waals surface area contributed by atoms with E-state index in [9.17, 15) is 18.0 Å². The zero-order chi connectivity index (χ0) is 25.9. The second-order valence-electron chi connectivity index (χ2n) is 9.69. The molecule has 3 aromatic heterocycles. The van der Waals surface area contributed by atoms with Crippen LogP contribution in [0, 0.1) is 5.82 Å². The van der Waals surface area contributed by atoms with Crippen molar-refractivity contribution in [3.05, 3.63) is 75.8 Å². The van der Waals surface area contributed by atoms with Crippen LogP contribution in [-0.2, 0) is 18.0 Å². The molecule has 0 N–H and O–H groups in total. The Morgan fingerprint density at radius 3 is 2.59 bits per heavy atom. The van der Waals surface area contributed by atoms with Gasteiger partial charge in [-0.15, -0.1) is 0 Å². The van der Waals surface area contributed by atoms with Crippen molar-refractivity contribution >= 4 is 10.8 Å². The Morgan fingerprint density at radius 1 is 1.05 bits per heavy atom. The summed E-state index contributed by atoms with van der Waals surface area (Å²) in [5, 5.41) is 9.03. The minimum Gasteiger partial charge on any atom is -0.373 e. The number of nitrogens with zero attached hydrogens (tertiary/aromatic N) is 5. The van der Waals surface area contributed by atoms with E-state index in [0.717, 1.165) is 35.2 Å². The van der Waals surface area contributed by atoms with Crippen LogP contribution in [0.1, 0.15) is 60.6 Å². The first kappa shape index (κ1) is 23.8. The Kier molecular flexibility index (Phi) is 5.63. The van der Waals surface area contributed by atoms with Gasteiger partial charge in [0.25, 0.3) is 5.56 Å². The highest BCUT2D eigenvalue weighted by molar-refractivity contribution is 5.94. The number of alkyl halides is 3. The average molecular weight is 513 g/mol. The monoisotopic (exact) mass is 513 g/mol. The SMILES string of the molecule is Cn1ncc2c(-c3ccc(C(F)(F)F)cc3F)nc([C@@H]3CCO[C@@H](c4cnn(C5CC5)c4)C3)cc2c1=O. The number of aryl methyl sites for hydroxylation is 1. The van der Waals surface area contributed by atoms with Crippen LogP contribution in [-0.4, -0.2) is 31.2 Å². The third kappa shape index (κ3) is 4.41. The highest BCUT2D eigenvalue weighted by Crippen LogP contribution is 2.41. The summed E-state index contributed by atoms with van der Waals surface area (Å²) in [7, 11) is 1.50. The Labute approximate surface area is 208 Å². The average Bonchev–Trinajstić information content (AvgIpc) is 3.61. The molecule has 0 bridgehead atoms. The zero-order valence-corrected chi connectivity index (χ0v) is 19.9. The predicted octanol–water partition coefficient (Wildman–Crippen LogP) is 5.32. The lowest BCUT2D eigenvalue weighted by molar-refractivity contribution is -0.137. The highest BCUT2D eigenvalue weighted by Gasteiger charge is 2.33. The second kappa shape index (κ2) is 8.76. The molecule has 0 radical (unpaired) electrons. The van der Waals surface area contributed by atoms with E-state index in [4.69, 9.17) is 9.72 Å². The van der Waals surface area contributed by atoms with Gasteiger partial charge in [0.1, 0.15) is 5.82 Å². The molecule has 0 unspecified atom stereocenters. The molecule has 6 rings (SSSR count). The summed E-state index contributed by atoms with van der Waals surface area (Å²) >= 11 is 0. The first-order valence-electron chi connectivity index (χ1n) is 12.1. The number of benzene rings is 1. The topological polar surface area (TPSA) is 74.8 Å². The number of aromatic nitrogens is 5. The van der Waals surface area contributed by atoms with Crippen LogP contribution in [0.2, 0.25) is 0 Å². The van der Waals surface area contributed by atoms with E-state index < -0.39 is 23.1 Å². The summed E-state index contributed by atoms with van der Waals surface area (Å²) in [5.41, 5.74) is 0.00328. The van der Waals surface area contributed by atoms with Crippen LogP contribution in [0.15, 0.2) is 47.7 Å². The molecule has 7 nitrogen and oxygen atoms in total. The van der Waals surface area contributed by atoms with Crippen molar-refractivity contribution in [2.45, 2.75) is 49.9 Å². The number of hydrogen-bond donors (Lipinski definition) is 0. The number of rotatable bonds is 4. The molecule has 2 aliphatic rings. The van der Waals surface area contributed by atoms with Crippen molar-refractivity contribution < 1.29 is 22.3 Å². The fraction of sp³-hybridized carbons (Fsp3) is 0.385. The first-order chi connectivity index (χ1) is 17.7. The van der Waals surface area contributed by atoms with Crippen LogP contribution >= 0.6 is 0 Å². The van der Waals surface area contributed by atoms with E-state index in [1.807, 2.05) is 17.1 Å². The Bertz CT molecular complexity index is 1560. The number of fused-ring (bicyclic) bond motifs is 1. The van der Waals surface area contributed by atoms with Crippen LogP contribution in [0.4, 0.5) is 17.6 Å². The van der Waals surface area contributed by atoms with Crippen molar-refractivity contribution in [1.29, 1.82) is 0 Å². The molecule has 0 amide bonds. The first-order valence-corrected chi connectivity index (χ1v) is 12.1. The minimum absolute atomic E-state index is 0.0912. The Morgan fingerprint density at radius 2 is 1.86 bits per heavy atom. The van der Waals surface area contributed by atoms with Crippen LogP contribution < -0.4 is 5.56 Å². The minimum atomic E-state index is -4.68. The van der Waals surface area contributed by atoms with Gasteiger partial charge in [0.15, 0.2) is 0 Å². The number of ether oxygens (including phenoxy) is 1. The van der Waals surface area contributed by atoms with Gasteiger partial charge in [-0.3, -0.25) is 14.5 Å². The third-order valence-corrected chi connectivity index (χ3v) is 7.13. The molecule has 2 fully saturated rings. The fourth-order valence-corrected chi connectivity index (χ4v) is 4.91. The van der Waals surface area contributed by atoms with Gasteiger partial charge in [-0.05, 0) is 49.9 Å². The van der Waals surface area contributed by atoms with E-state index in [-0.39, 0.29) is 34.1 Å². The lowest BCUT2D eigenvalue weighted by Crippen LogP contribution is -2.22. The van der Waals surface area contributed by atoms with Gasteiger partial charge in [0.05, 0.1) is 41.2 Å². The summed E-state index contributed by atoms with van der Waals surface area (Å²) < 4.78 is 63.6. The number of hydrogen-bond acceptors (Lipinski definition) is 5. The summed E-state index contributed by atoms with van der Waals surface area (Å²) in [6.45, 7) is 0.460. The summed E-state index contributed by atoms with van der Waals surface area (Å²) in [4.78, 5) is 17.7. The molecule has 192 valence electrons. The summed E-state index contributed by atoms with van der Waals surface area (Å²) in [6, 6.07) is 4.45. The molecule has 1 aromatic carbocycles. The molecule has 4 aromatic rings. The van der Waals surface area contributed by atoms with Gasteiger partial charge in [-0.1, -0.05) is 0 Å². The highest BCUT2D eigenvalue weighted by atomic mass is 19.4. The van der Waals surface area contributed by atoms with Gasteiger partial charge in [-0.25, -0.2) is 9.07 Å². The molecule has 11 heteroatoms. The molecular weight excluding hydrogens is 490 g/mol. The maximum Gasteiger partial charge on any atom is 0.416 e. The summed E-state index contributed by atoms with van der Waals surface area (Å²) in [5.74, 6) is -1.18. The van der Waals surface area contributed by atoms with Crippen LogP contribution in [0.25, 0.3) is 22.0 Å². The van der Waals surface area contributed by atoms with E-state index in [0.29, 0.717) is 37.3 Å². The Balaban J connectivity index is 1.43. The molecule has 1 saturated heterocycles. The number of halogens is 4. The normalized spacial score (nSPS) is 20.5. The molecule has 0 spiro atoms. The number of pyridine rings is 1. The van der Waals surface area contributed by atoms with Crippen molar-refractivity contribution in [3.63, 3.8) is 0 Å². The quantitative estimate of drug-likeness (QED) is 0.346. The van der Waals surface area contributed by atoms with Crippen LogP contribution in [0.5, 0.6) is 0 Å². The van der Waals surface area contributed by atoms with Crippen molar-refractivity contribution in [1.82, 2.24) is 24.5 Å². The standard InChI is InChI=1S/C26H23F4N5O2/c1-34-25(36)19-10-22(14-6-7-37-23(8-14)15-11-32-35(13-15)17-3-4-17)33-24(20(19)12-31-34)18-5-2-16(9-21(18)27)26(28,29)30/h2,5,9-14,17,23H,3-4,6-8H2,1H3/t14-,23-/m1/s1. The largest absolute Gasteiger partial charge is 0.416 e. The smallest absolute Gasteiger partial charge is 0.373 e. The van der Waals surface area contributed by atoms with Crippen molar-refractivity contribution in [3.8, 4) is 11.3 Å². The Hall–Kier alpha value is -3.60. The molecule has 37 heavy (non-hydrogen) atoms. The maximum absolute atomic E-state index is 15.0. The van der Waals surface area contributed by atoms with Crippen molar-refractivity contribution in [2.24, 2.45) is 7.05 Å². The molecule has 1 saturated carbocycles. The van der Waals surface area contributed by atoms with Crippen LogP contribution in [0.3, 0.4) is 0 Å². The van der Waals surface area contributed by atoms with E-state index in [2.05, 4.69) is 10.2 Å². The van der Waals surface area contributed by atoms with Crippen molar-refractivity contribution in [2.75, 3.05) is 6.61 Å². The molecule has 4 heterocycles. The molecule has 1 aliphatic heterocycles. The third-order valence-electron chi connectivity index (χ3n) is 7.13. The van der Waals surface area contributed by atoms with E-state index >= 15 is 4.39 Å². The van der Waals surface area contributed by atoms with Gasteiger partial charge in [0.2, 0.25) is 0 Å². The van der Waals surface area contributed by atoms with E-state index in [1.165, 1.54) is 13.2 Å². The lowest BCUT2D eigenvalue weighted by Gasteiger charge is -2.29. The predicted molar refractivity (Wildman–Crippen MR) is 126 cm³/mol. The second-order valence-corrected chi connectivity index (χ2v) is 9.69. The van der Waals surface area contributed by atoms with Gasteiger partial charge < -0.3 is 4.74 Å². The summed E-state index contributed by atoms with van der Waals surface area (Å²) in [6.07, 6.45) is 3.74. The molecule has 2 atom stereocenters. The van der Waals surface area contributed by atoms with Gasteiger partial charge >= 0.3 is 6.18 Å².